The summed E-state index contributed by atoms with van der Waals surface area (Å²) in [4.78, 5) is 8.93. The summed E-state index contributed by atoms with van der Waals surface area (Å²) in [6.07, 6.45) is 34.2. The lowest BCUT2D eigenvalue weighted by Gasteiger charge is -2.32. The van der Waals surface area contributed by atoms with E-state index in [1.165, 1.54) is 260 Å². The maximum absolute atomic E-state index is 8.93. The van der Waals surface area contributed by atoms with E-state index in [2.05, 4.69) is 89.2 Å². The summed E-state index contributed by atoms with van der Waals surface area (Å²) in [5.74, 6) is 0. The lowest BCUT2D eigenvalue weighted by molar-refractivity contribution is -0.892. The first kappa shape index (κ1) is 58.7. The fourth-order valence-corrected chi connectivity index (χ4v) is 9.27. The van der Waals surface area contributed by atoms with Crippen LogP contribution in [0.15, 0.2) is 0 Å². The highest BCUT2D eigenvalue weighted by molar-refractivity contribution is 7.30. The molecule has 0 aromatic carbocycles. The summed E-state index contributed by atoms with van der Waals surface area (Å²) in [7, 11) is 25.9. The largest absolute Gasteiger partial charge is 0.565 e. The second-order valence-electron chi connectivity index (χ2n) is 23.1. The molecule has 3 fully saturated rings. The van der Waals surface area contributed by atoms with Crippen LogP contribution in [0.4, 0.5) is 0 Å². The van der Waals surface area contributed by atoms with Crippen molar-refractivity contribution in [2.75, 3.05) is 163 Å². The van der Waals surface area contributed by atoms with Gasteiger partial charge in [-0.2, -0.15) is 0 Å². The van der Waals surface area contributed by atoms with E-state index in [0.29, 0.717) is 0 Å². The first-order chi connectivity index (χ1) is 27.5. The van der Waals surface area contributed by atoms with Gasteiger partial charge < -0.3 is 31.8 Å². The van der Waals surface area contributed by atoms with Gasteiger partial charge in [-0.3, -0.25) is 0 Å². The summed E-state index contributed by atoms with van der Waals surface area (Å²) >= 11 is 0. The van der Waals surface area contributed by atoms with Crippen LogP contribution < -0.4 is 4.89 Å². The maximum Gasteiger partial charge on any atom is 0.521 e. The van der Waals surface area contributed by atoms with Crippen molar-refractivity contribution < 1.29 is 46.3 Å². The molecular weight excluding hydrogens is 756 g/mol. The van der Waals surface area contributed by atoms with Crippen LogP contribution in [0.3, 0.4) is 0 Å². The predicted molar refractivity (Wildman–Crippen MR) is 253 cm³/mol. The molecule has 0 saturated carbocycles. The molecule has 3 aliphatic heterocycles. The topological polar surface area (TPSA) is 69.6 Å². The van der Waals surface area contributed by atoms with Crippen molar-refractivity contribution in [1.29, 1.82) is 0 Å². The monoisotopic (exact) mass is 865 g/mol. The molecule has 0 amide bonds. The highest BCUT2D eigenvalue weighted by atomic mass is 31.1. The summed E-state index contributed by atoms with van der Waals surface area (Å²) < 4.78 is 19.1. The van der Waals surface area contributed by atoms with Gasteiger partial charge in [-0.15, -0.1) is 0 Å². The molecule has 11 heteroatoms. The lowest BCUT2D eigenvalue weighted by atomic mass is 10.1. The first-order valence-electron chi connectivity index (χ1n) is 24.9. The van der Waals surface area contributed by atoms with Crippen LogP contribution in [-0.2, 0) is 9.24 Å². The van der Waals surface area contributed by atoms with E-state index < -0.39 is 8.25 Å². The van der Waals surface area contributed by atoms with Gasteiger partial charge in [-0.1, -0.05) is 0 Å². The zero-order valence-corrected chi connectivity index (χ0v) is 43.2. The van der Waals surface area contributed by atoms with Crippen LogP contribution in [0.25, 0.3) is 0 Å². The van der Waals surface area contributed by atoms with Gasteiger partial charge in [0.05, 0.1) is 163 Å². The molecule has 0 spiro atoms. The summed E-state index contributed by atoms with van der Waals surface area (Å²) in [5.41, 5.74) is 0. The Labute approximate surface area is 370 Å². The molecule has 0 radical (unpaired) electrons. The minimum atomic E-state index is -3.04. The zero-order valence-electron chi connectivity index (χ0n) is 42.3. The minimum absolute atomic E-state index is 1.24. The molecule has 0 bridgehead atoms. The summed E-state index contributed by atoms with van der Waals surface area (Å²) in [6, 6.07) is 0. The van der Waals surface area contributed by atoms with Gasteiger partial charge in [0.2, 0.25) is 0 Å². The predicted octanol–water partition coefficient (Wildman–Crippen LogP) is 9.31. The van der Waals surface area contributed by atoms with Crippen molar-refractivity contribution in [2.24, 2.45) is 0 Å². The Hall–Kier alpha value is -0.260. The van der Waals surface area contributed by atoms with Gasteiger partial charge >= 0.3 is 8.25 Å². The molecule has 3 heterocycles. The molecule has 0 aliphatic carbocycles. The Morgan fingerprint density at radius 2 is 0.373 bits per heavy atom. The fraction of sp³-hybridized carbons (Fsp3) is 1.00. The Kier molecular flexibility index (Phi) is 32.3. The van der Waals surface area contributed by atoms with E-state index in [0.717, 1.165) is 0 Å². The molecule has 0 aromatic rings. The SMILES string of the molecule is C[N+]1(C)CCCCCC[N+](C)(C)CCCCCC1.C[N+]1(C)CCCCCC[N+](C)(C)CCCCCC1.C[N+]1(C)CCCCCC[N+](C)(C)CCCCCC1.O=[P+]([O-])OO. The van der Waals surface area contributed by atoms with Crippen LogP contribution >= 0.6 is 8.25 Å². The molecule has 1 N–H and O–H groups in total. The molecule has 3 aliphatic rings. The van der Waals surface area contributed by atoms with Crippen LogP contribution in [0.1, 0.15) is 154 Å². The molecule has 1 unspecified atom stereocenters. The number of hydrogen-bond acceptors (Lipinski definition) is 4. The normalized spacial score (nSPS) is 26.0. The maximum atomic E-state index is 8.93. The third-order valence-electron chi connectivity index (χ3n) is 13.7. The second kappa shape index (κ2) is 32.4. The van der Waals surface area contributed by atoms with Gasteiger partial charge in [0.1, 0.15) is 0 Å². The van der Waals surface area contributed by atoms with Gasteiger partial charge in [0.15, 0.2) is 0 Å². The third-order valence-corrected chi connectivity index (χ3v) is 13.9. The molecule has 10 nitrogen and oxygen atoms in total. The zero-order chi connectivity index (χ0) is 44.7. The summed E-state index contributed by atoms with van der Waals surface area (Å²) in [6.45, 7) is 16.5. The van der Waals surface area contributed by atoms with E-state index in [-0.39, 0.29) is 0 Å². The average Bonchev–Trinajstić information content (AvgIpc) is 3.13. The van der Waals surface area contributed by atoms with Crippen LogP contribution in [0.2, 0.25) is 0 Å². The molecule has 1 atom stereocenters. The smallest absolute Gasteiger partial charge is 0.521 e. The quantitative estimate of drug-likeness (QED) is 0.124. The molecule has 3 saturated heterocycles. The molecule has 59 heavy (non-hydrogen) atoms. The number of quaternary nitrogens is 6. The van der Waals surface area contributed by atoms with Crippen LogP contribution in [-0.4, -0.2) is 195 Å². The molecule has 3 rings (SSSR count). The number of hydrogen-bond donors (Lipinski definition) is 1. The van der Waals surface area contributed by atoms with E-state index in [9.17, 15) is 0 Å². The van der Waals surface area contributed by atoms with Crippen molar-refractivity contribution in [3.8, 4) is 0 Å². The highest BCUT2D eigenvalue weighted by Gasteiger charge is 2.20. The van der Waals surface area contributed by atoms with Gasteiger partial charge in [-0.25, -0.2) is 5.26 Å². The van der Waals surface area contributed by atoms with E-state index >= 15 is 0 Å². The van der Waals surface area contributed by atoms with Gasteiger partial charge in [0, 0.05) is 4.67 Å². The van der Waals surface area contributed by atoms with Crippen molar-refractivity contribution in [1.82, 2.24) is 0 Å². The first-order valence-corrected chi connectivity index (χ1v) is 26.0. The third kappa shape index (κ3) is 39.1. The lowest BCUT2D eigenvalue weighted by Crippen LogP contribution is -2.42. The number of nitrogens with zero attached hydrogens (tertiary/aromatic N) is 6. The van der Waals surface area contributed by atoms with Crippen molar-refractivity contribution >= 4 is 8.25 Å². The minimum Gasteiger partial charge on any atom is -0.565 e. The van der Waals surface area contributed by atoms with Crippen molar-refractivity contribution in [3.05, 3.63) is 0 Å². The Morgan fingerprint density at radius 1 is 0.288 bits per heavy atom. The van der Waals surface area contributed by atoms with E-state index in [4.69, 9.17) is 14.7 Å². The molecular formula is C48H109N6O4P+6. The highest BCUT2D eigenvalue weighted by Crippen LogP contribution is 2.16. The fourth-order valence-electron chi connectivity index (χ4n) is 9.27. The van der Waals surface area contributed by atoms with Gasteiger partial charge in [0.25, 0.3) is 0 Å². The Balaban J connectivity index is 0.000000807. The summed E-state index contributed by atoms with van der Waals surface area (Å²) in [5, 5.41) is 7.05. The van der Waals surface area contributed by atoms with Crippen molar-refractivity contribution in [2.45, 2.75) is 154 Å². The number of rotatable bonds is 1. The van der Waals surface area contributed by atoms with E-state index in [1.54, 1.807) is 0 Å². The Morgan fingerprint density at radius 3 is 0.441 bits per heavy atom. The van der Waals surface area contributed by atoms with Crippen LogP contribution in [0.5, 0.6) is 0 Å². The van der Waals surface area contributed by atoms with Crippen LogP contribution in [0, 0.1) is 0 Å². The van der Waals surface area contributed by atoms with E-state index in [1.807, 2.05) is 0 Å². The second-order valence-corrected chi connectivity index (χ2v) is 23.7. The van der Waals surface area contributed by atoms with Gasteiger partial charge in [-0.05, 0) is 159 Å². The standard InChI is InChI=1S/3C16H36N2.HO4P/c3*1-17(2)13-9-5-7-11-15-18(3,4)16-12-8-6-10-14-17;1-4-5(2)3/h3*5-16H2,1-4H3;1H/q3*+2;. The Bertz CT molecular complexity index is 777. The molecule has 0 aromatic heterocycles. The molecule has 354 valence electrons. The average molecular weight is 865 g/mol. The van der Waals surface area contributed by atoms with Crippen molar-refractivity contribution in [3.63, 3.8) is 0 Å².